The Morgan fingerprint density at radius 3 is 1.36 bits per heavy atom. The van der Waals surface area contributed by atoms with E-state index in [1.54, 1.807) is 0 Å². The summed E-state index contributed by atoms with van der Waals surface area (Å²) in [5.41, 5.74) is 0. The molecule has 0 amide bonds. The van der Waals surface area contributed by atoms with E-state index in [2.05, 4.69) is 92.8 Å². The highest BCUT2D eigenvalue weighted by atomic mass is 31.2. The monoisotopic (exact) mass is 848 g/mol. The fourth-order valence-electron chi connectivity index (χ4n) is 5.33. The van der Waals surface area contributed by atoms with Crippen LogP contribution in [-0.2, 0) is 32.7 Å². The van der Waals surface area contributed by atoms with E-state index in [-0.39, 0.29) is 12.8 Å². The van der Waals surface area contributed by atoms with Crippen LogP contribution in [0.3, 0.4) is 0 Å². The molecule has 1 aliphatic carbocycles. The fraction of sp³-hybridized carbons (Fsp3) is 0.556. The summed E-state index contributed by atoms with van der Waals surface area (Å²) in [6, 6.07) is 0. The standard InChI is InChI=1S/C45H69O13P/c1-3-5-7-9-11-13-15-17-18-19-20-22-24-26-28-30-32-34-39(47)57-37(36-56-59(53,54)58-45-43(51)41(49)40(48)42(50)44(45)52)35-55-38(46)33-31-29-27-25-23-21-16-14-12-10-8-6-4-2/h5-8,11-14,17-18,20-23,26-29,37,40-45,48-52H,3-4,9-10,15-16,19,24-25,30-36H2,1-2H3,(H,53,54)/b7-5-,8-6-,13-11-,14-12-,18-17-,22-20-,23-21-,28-26-,29-27-. The van der Waals surface area contributed by atoms with Gasteiger partial charge in [0.15, 0.2) is 6.10 Å². The zero-order valence-electron chi connectivity index (χ0n) is 34.7. The van der Waals surface area contributed by atoms with Crippen LogP contribution < -0.4 is 0 Å². The summed E-state index contributed by atoms with van der Waals surface area (Å²) < 4.78 is 33.3. The van der Waals surface area contributed by atoms with Gasteiger partial charge in [0.25, 0.3) is 0 Å². The van der Waals surface area contributed by atoms with Gasteiger partial charge in [-0.15, -0.1) is 0 Å². The molecule has 0 saturated heterocycles. The van der Waals surface area contributed by atoms with Gasteiger partial charge < -0.3 is 39.9 Å². The Hall–Kier alpha value is -3.49. The van der Waals surface area contributed by atoms with Crippen LogP contribution in [0, 0.1) is 0 Å². The van der Waals surface area contributed by atoms with Gasteiger partial charge in [-0.25, -0.2) is 4.57 Å². The van der Waals surface area contributed by atoms with E-state index in [0.29, 0.717) is 25.7 Å². The second kappa shape index (κ2) is 34.2. The van der Waals surface area contributed by atoms with Crippen molar-refractivity contribution in [2.24, 2.45) is 0 Å². The molecule has 0 aromatic carbocycles. The van der Waals surface area contributed by atoms with E-state index in [0.717, 1.165) is 51.4 Å². The molecule has 6 unspecified atom stereocenters. The molecule has 0 radical (unpaired) electrons. The number of unbranched alkanes of at least 4 members (excludes halogenated alkanes) is 1. The Morgan fingerprint density at radius 1 is 0.525 bits per heavy atom. The number of hydrogen-bond donors (Lipinski definition) is 6. The molecule has 0 heterocycles. The minimum atomic E-state index is -5.15. The van der Waals surface area contributed by atoms with Gasteiger partial charge in [-0.3, -0.25) is 18.6 Å². The number of carbonyl (C=O) groups excluding carboxylic acids is 2. The Bertz CT molecular complexity index is 1440. The molecule has 0 aromatic heterocycles. The minimum absolute atomic E-state index is 0.00354. The summed E-state index contributed by atoms with van der Waals surface area (Å²) in [5.74, 6) is -1.28. The largest absolute Gasteiger partial charge is 0.472 e. The number of ether oxygens (including phenoxy) is 2. The van der Waals surface area contributed by atoms with Crippen molar-refractivity contribution < 1.29 is 63.1 Å². The Labute approximate surface area is 351 Å². The van der Waals surface area contributed by atoms with Crippen molar-refractivity contribution in [2.75, 3.05) is 13.2 Å². The first-order valence-corrected chi connectivity index (χ1v) is 22.2. The van der Waals surface area contributed by atoms with Gasteiger partial charge in [0.1, 0.15) is 43.2 Å². The van der Waals surface area contributed by atoms with Crippen molar-refractivity contribution >= 4 is 19.8 Å². The van der Waals surface area contributed by atoms with E-state index in [9.17, 15) is 44.6 Å². The van der Waals surface area contributed by atoms with Crippen molar-refractivity contribution in [3.8, 4) is 0 Å². The molecule has 6 N–H and O–H groups in total. The first-order chi connectivity index (χ1) is 28.4. The van der Waals surface area contributed by atoms with Crippen LogP contribution in [0.4, 0.5) is 0 Å². The van der Waals surface area contributed by atoms with Crippen LogP contribution in [-0.4, -0.2) is 98.3 Å². The second-order valence-electron chi connectivity index (χ2n) is 13.7. The molecule has 0 spiro atoms. The van der Waals surface area contributed by atoms with E-state index < -0.39 is 75.7 Å². The smallest absolute Gasteiger partial charge is 0.462 e. The average Bonchev–Trinajstić information content (AvgIpc) is 3.21. The SMILES string of the molecule is CC/C=C\C/C=C\C/C=C\C/C=C\C/C=C\CCCC(=O)OC(COC(=O)CC/C=C\C/C=C\C/C=C\C/C=C\CC)COP(=O)(O)OC1C(O)C(O)C(O)C(O)C1O. The van der Waals surface area contributed by atoms with Gasteiger partial charge in [0, 0.05) is 12.8 Å². The van der Waals surface area contributed by atoms with Crippen LogP contribution in [0.2, 0.25) is 0 Å². The summed E-state index contributed by atoms with van der Waals surface area (Å²) in [7, 11) is -5.15. The lowest BCUT2D eigenvalue weighted by atomic mass is 9.85. The zero-order valence-corrected chi connectivity index (χ0v) is 35.6. The van der Waals surface area contributed by atoms with Gasteiger partial charge in [-0.2, -0.15) is 0 Å². The first-order valence-electron chi connectivity index (χ1n) is 20.7. The number of esters is 2. The number of aliphatic hydroxyl groups is 5. The lowest BCUT2D eigenvalue weighted by molar-refractivity contribution is -0.220. The van der Waals surface area contributed by atoms with Crippen molar-refractivity contribution in [2.45, 2.75) is 146 Å². The third kappa shape index (κ3) is 27.1. The number of aliphatic hydroxyl groups excluding tert-OH is 5. The molecule has 59 heavy (non-hydrogen) atoms. The highest BCUT2D eigenvalue weighted by molar-refractivity contribution is 7.47. The summed E-state index contributed by atoms with van der Waals surface area (Å²) in [6.45, 7) is 2.91. The molecular weight excluding hydrogens is 779 g/mol. The van der Waals surface area contributed by atoms with Gasteiger partial charge in [-0.05, 0) is 77.0 Å². The lowest BCUT2D eigenvalue weighted by Gasteiger charge is -2.41. The topological polar surface area (TPSA) is 210 Å². The lowest BCUT2D eigenvalue weighted by Crippen LogP contribution is -2.64. The van der Waals surface area contributed by atoms with Gasteiger partial charge in [0.05, 0.1) is 6.61 Å². The normalized spacial score (nSPS) is 23.5. The molecule has 0 aromatic rings. The van der Waals surface area contributed by atoms with Crippen LogP contribution in [0.25, 0.3) is 0 Å². The fourth-order valence-corrected chi connectivity index (χ4v) is 6.31. The van der Waals surface area contributed by atoms with E-state index in [1.807, 2.05) is 30.4 Å². The van der Waals surface area contributed by atoms with Gasteiger partial charge in [-0.1, -0.05) is 123 Å². The van der Waals surface area contributed by atoms with E-state index >= 15 is 0 Å². The summed E-state index contributed by atoms with van der Waals surface area (Å²) in [4.78, 5) is 35.5. The number of phosphoric ester groups is 1. The molecule has 0 bridgehead atoms. The number of allylic oxidation sites excluding steroid dienone is 18. The van der Waals surface area contributed by atoms with Gasteiger partial charge in [0.2, 0.25) is 0 Å². The highest BCUT2D eigenvalue weighted by Gasteiger charge is 2.51. The molecule has 1 saturated carbocycles. The van der Waals surface area contributed by atoms with Crippen LogP contribution in [0.1, 0.15) is 104 Å². The summed E-state index contributed by atoms with van der Waals surface area (Å²) >= 11 is 0. The minimum Gasteiger partial charge on any atom is -0.462 e. The van der Waals surface area contributed by atoms with Crippen molar-refractivity contribution in [3.05, 3.63) is 109 Å². The van der Waals surface area contributed by atoms with Gasteiger partial charge >= 0.3 is 19.8 Å². The third-order valence-electron chi connectivity index (χ3n) is 8.62. The number of rotatable bonds is 31. The molecular formula is C45H69O13P. The highest BCUT2D eigenvalue weighted by Crippen LogP contribution is 2.47. The molecule has 1 aliphatic rings. The second-order valence-corrected chi connectivity index (χ2v) is 15.1. The van der Waals surface area contributed by atoms with Crippen molar-refractivity contribution in [3.63, 3.8) is 0 Å². The Kier molecular flexibility index (Phi) is 31.1. The predicted molar refractivity (Wildman–Crippen MR) is 230 cm³/mol. The molecule has 14 heteroatoms. The Morgan fingerprint density at radius 2 is 0.915 bits per heavy atom. The third-order valence-corrected chi connectivity index (χ3v) is 9.61. The average molecular weight is 849 g/mol. The van der Waals surface area contributed by atoms with Crippen LogP contribution in [0.15, 0.2) is 109 Å². The summed E-state index contributed by atoms with van der Waals surface area (Å²) in [5, 5.41) is 50.0. The maximum atomic E-state index is 12.8. The molecule has 332 valence electrons. The molecule has 13 nitrogen and oxygen atoms in total. The van der Waals surface area contributed by atoms with Crippen LogP contribution >= 0.6 is 7.82 Å². The maximum Gasteiger partial charge on any atom is 0.472 e. The molecule has 1 fully saturated rings. The first kappa shape index (κ1) is 53.5. The van der Waals surface area contributed by atoms with Crippen LogP contribution in [0.5, 0.6) is 0 Å². The Balaban J connectivity index is 2.61. The summed E-state index contributed by atoms with van der Waals surface area (Å²) in [6.07, 6.45) is 33.2. The van der Waals surface area contributed by atoms with E-state index in [1.165, 1.54) is 0 Å². The number of phosphoric acid groups is 1. The molecule has 0 aliphatic heterocycles. The van der Waals surface area contributed by atoms with E-state index in [4.69, 9.17) is 18.5 Å². The number of hydrogen-bond acceptors (Lipinski definition) is 12. The molecule has 6 atom stereocenters. The molecule has 1 rings (SSSR count). The number of carbonyl (C=O) groups is 2. The quantitative estimate of drug-likeness (QED) is 0.0176. The zero-order chi connectivity index (χ0) is 43.6. The predicted octanol–water partition coefficient (Wildman–Crippen LogP) is 7.27. The van der Waals surface area contributed by atoms with Crippen molar-refractivity contribution in [1.29, 1.82) is 0 Å². The van der Waals surface area contributed by atoms with Crippen molar-refractivity contribution in [1.82, 2.24) is 0 Å². The maximum absolute atomic E-state index is 12.8.